The average molecular weight is 272 g/mol. The van der Waals surface area contributed by atoms with Crippen LogP contribution in [0, 0.1) is 22.7 Å². The van der Waals surface area contributed by atoms with Crippen LogP contribution in [0.2, 0.25) is 0 Å². The van der Waals surface area contributed by atoms with E-state index in [0.717, 1.165) is 31.4 Å². The molecule has 1 aliphatic carbocycles. The van der Waals surface area contributed by atoms with E-state index in [2.05, 4.69) is 18.3 Å². The molecule has 106 valence electrons. The molecule has 4 nitrogen and oxygen atoms in total. The number of nitrogens with zero attached hydrogens (tertiary/aromatic N) is 1. The van der Waals surface area contributed by atoms with Gasteiger partial charge in [-0.25, -0.2) is 0 Å². The molecule has 1 fully saturated rings. The number of nitriles is 1. The molecule has 0 heterocycles. The van der Waals surface area contributed by atoms with Gasteiger partial charge < -0.3 is 10.4 Å². The molecular formula is C16H20N2O2. The van der Waals surface area contributed by atoms with Crippen molar-refractivity contribution < 1.29 is 9.90 Å². The fourth-order valence-corrected chi connectivity index (χ4v) is 2.71. The molecule has 0 spiro atoms. The first kappa shape index (κ1) is 14.4. The monoisotopic (exact) mass is 272 g/mol. The second-order valence-electron chi connectivity index (χ2n) is 5.81. The van der Waals surface area contributed by atoms with Crippen molar-refractivity contribution in [3.8, 4) is 6.07 Å². The summed E-state index contributed by atoms with van der Waals surface area (Å²) in [6.45, 7) is 2.63. The molecule has 0 bridgehead atoms. The average Bonchev–Trinajstić information content (AvgIpc) is 2.47. The number of carboxylic acid groups (broad SMARTS) is 1. The fraction of sp³-hybridized carbons (Fsp3) is 0.500. The Bertz CT molecular complexity index is 508. The number of carboxylic acids is 1. The number of aliphatic carboxylic acids is 1. The molecule has 1 aromatic carbocycles. The quantitative estimate of drug-likeness (QED) is 0.882. The van der Waals surface area contributed by atoms with E-state index in [4.69, 9.17) is 5.26 Å². The van der Waals surface area contributed by atoms with Gasteiger partial charge in [0.25, 0.3) is 0 Å². The molecule has 2 N–H and O–H groups in total. The van der Waals surface area contributed by atoms with Gasteiger partial charge in [-0.2, -0.15) is 5.26 Å². The fourth-order valence-electron chi connectivity index (χ4n) is 2.71. The number of carbonyl (C=O) groups is 1. The summed E-state index contributed by atoms with van der Waals surface area (Å²) in [4.78, 5) is 11.6. The standard InChI is InChI=1S/C16H20N2O2/c1-12-6-8-16(9-7-12,15(19)20)11-18-14-4-2-13(10-17)3-5-14/h2-5,12,18H,6-9,11H2,1H3,(H,19,20). The van der Waals surface area contributed by atoms with Crippen LogP contribution in [0.25, 0.3) is 0 Å². The van der Waals surface area contributed by atoms with Gasteiger partial charge in [0.2, 0.25) is 0 Å². The van der Waals surface area contributed by atoms with Crippen LogP contribution in [-0.2, 0) is 4.79 Å². The summed E-state index contributed by atoms with van der Waals surface area (Å²) in [6, 6.07) is 9.18. The smallest absolute Gasteiger partial charge is 0.311 e. The predicted molar refractivity (Wildman–Crippen MR) is 77.3 cm³/mol. The normalized spacial score (nSPS) is 25.7. The first-order valence-corrected chi connectivity index (χ1v) is 7.03. The number of anilines is 1. The summed E-state index contributed by atoms with van der Waals surface area (Å²) >= 11 is 0. The molecule has 20 heavy (non-hydrogen) atoms. The Morgan fingerprint density at radius 2 is 2.00 bits per heavy atom. The van der Waals surface area contributed by atoms with Crippen molar-refractivity contribution >= 4 is 11.7 Å². The van der Waals surface area contributed by atoms with Crippen LogP contribution in [0.5, 0.6) is 0 Å². The van der Waals surface area contributed by atoms with Crippen molar-refractivity contribution in [3.63, 3.8) is 0 Å². The van der Waals surface area contributed by atoms with Gasteiger partial charge in [-0.05, 0) is 55.9 Å². The third-order valence-electron chi connectivity index (χ3n) is 4.33. The van der Waals surface area contributed by atoms with Gasteiger partial charge in [-0.3, -0.25) is 4.79 Å². The molecule has 0 amide bonds. The van der Waals surface area contributed by atoms with Gasteiger partial charge in [0.15, 0.2) is 0 Å². The minimum absolute atomic E-state index is 0.445. The van der Waals surface area contributed by atoms with Crippen LogP contribution in [-0.4, -0.2) is 17.6 Å². The van der Waals surface area contributed by atoms with Gasteiger partial charge in [-0.1, -0.05) is 6.92 Å². The van der Waals surface area contributed by atoms with E-state index < -0.39 is 11.4 Å². The highest BCUT2D eigenvalue weighted by Gasteiger charge is 2.40. The van der Waals surface area contributed by atoms with Crippen molar-refractivity contribution in [3.05, 3.63) is 29.8 Å². The Labute approximate surface area is 119 Å². The van der Waals surface area contributed by atoms with Crippen LogP contribution in [0.3, 0.4) is 0 Å². The summed E-state index contributed by atoms with van der Waals surface area (Å²) in [5, 5.41) is 21.5. The Balaban J connectivity index is 2.02. The first-order chi connectivity index (χ1) is 9.55. The molecule has 1 aliphatic rings. The maximum absolute atomic E-state index is 11.6. The minimum Gasteiger partial charge on any atom is -0.481 e. The summed E-state index contributed by atoms with van der Waals surface area (Å²) in [7, 11) is 0. The summed E-state index contributed by atoms with van der Waals surface area (Å²) < 4.78 is 0. The lowest BCUT2D eigenvalue weighted by Gasteiger charge is -2.36. The molecule has 0 unspecified atom stereocenters. The molecule has 2 rings (SSSR count). The maximum Gasteiger partial charge on any atom is 0.311 e. The summed E-state index contributed by atoms with van der Waals surface area (Å²) in [5.74, 6) is -0.0806. The molecule has 4 heteroatoms. The predicted octanol–water partition coefficient (Wildman–Crippen LogP) is 3.25. The molecule has 1 aromatic rings. The molecule has 0 atom stereocenters. The zero-order valence-electron chi connectivity index (χ0n) is 11.7. The Kier molecular flexibility index (Phi) is 4.29. The summed E-state index contributed by atoms with van der Waals surface area (Å²) in [6.07, 6.45) is 3.41. The lowest BCUT2D eigenvalue weighted by molar-refractivity contribution is -0.150. The minimum atomic E-state index is -0.703. The van der Waals surface area contributed by atoms with Gasteiger partial charge in [0.1, 0.15) is 0 Å². The van der Waals surface area contributed by atoms with E-state index in [9.17, 15) is 9.90 Å². The SMILES string of the molecule is CC1CCC(CNc2ccc(C#N)cc2)(C(=O)O)CC1. The number of rotatable bonds is 4. The van der Waals surface area contributed by atoms with E-state index in [1.807, 2.05) is 12.1 Å². The van der Waals surface area contributed by atoms with E-state index in [0.29, 0.717) is 18.0 Å². The van der Waals surface area contributed by atoms with E-state index in [1.54, 1.807) is 12.1 Å². The van der Waals surface area contributed by atoms with Crippen LogP contribution < -0.4 is 5.32 Å². The number of hydrogen-bond donors (Lipinski definition) is 2. The highest BCUT2D eigenvalue weighted by Crippen LogP contribution is 2.39. The van der Waals surface area contributed by atoms with E-state index in [1.165, 1.54) is 0 Å². The molecule has 1 saturated carbocycles. The molecule has 0 aromatic heterocycles. The Morgan fingerprint density at radius 1 is 1.40 bits per heavy atom. The van der Waals surface area contributed by atoms with Gasteiger partial charge in [0.05, 0.1) is 17.0 Å². The van der Waals surface area contributed by atoms with Crippen molar-refractivity contribution in [1.29, 1.82) is 5.26 Å². The highest BCUT2D eigenvalue weighted by atomic mass is 16.4. The Hall–Kier alpha value is -2.02. The van der Waals surface area contributed by atoms with Gasteiger partial charge in [0, 0.05) is 12.2 Å². The van der Waals surface area contributed by atoms with Crippen molar-refractivity contribution in [1.82, 2.24) is 0 Å². The molecular weight excluding hydrogens is 252 g/mol. The van der Waals surface area contributed by atoms with Gasteiger partial charge in [-0.15, -0.1) is 0 Å². The molecule has 0 saturated heterocycles. The lowest BCUT2D eigenvalue weighted by Crippen LogP contribution is -2.41. The third-order valence-corrected chi connectivity index (χ3v) is 4.33. The van der Waals surface area contributed by atoms with Crippen LogP contribution in [0.1, 0.15) is 38.2 Å². The van der Waals surface area contributed by atoms with E-state index in [-0.39, 0.29) is 0 Å². The van der Waals surface area contributed by atoms with Gasteiger partial charge >= 0.3 is 5.97 Å². The highest BCUT2D eigenvalue weighted by molar-refractivity contribution is 5.75. The summed E-state index contributed by atoms with van der Waals surface area (Å²) in [5.41, 5.74) is 0.818. The van der Waals surface area contributed by atoms with E-state index >= 15 is 0 Å². The molecule has 0 aliphatic heterocycles. The topological polar surface area (TPSA) is 73.1 Å². The lowest BCUT2D eigenvalue weighted by atomic mass is 9.71. The largest absolute Gasteiger partial charge is 0.481 e. The van der Waals surface area contributed by atoms with Crippen LogP contribution in [0.4, 0.5) is 5.69 Å². The second-order valence-corrected chi connectivity index (χ2v) is 5.81. The van der Waals surface area contributed by atoms with Crippen LogP contribution >= 0.6 is 0 Å². The number of hydrogen-bond acceptors (Lipinski definition) is 3. The third kappa shape index (κ3) is 3.11. The van der Waals surface area contributed by atoms with Crippen LogP contribution in [0.15, 0.2) is 24.3 Å². The second kappa shape index (κ2) is 5.96. The zero-order chi connectivity index (χ0) is 14.6. The van der Waals surface area contributed by atoms with Crippen molar-refractivity contribution in [2.24, 2.45) is 11.3 Å². The maximum atomic E-state index is 11.6. The van der Waals surface area contributed by atoms with Crippen molar-refractivity contribution in [2.75, 3.05) is 11.9 Å². The zero-order valence-corrected chi connectivity index (χ0v) is 11.7. The number of nitrogens with one attached hydrogen (secondary N) is 1. The number of benzene rings is 1. The van der Waals surface area contributed by atoms with Crippen molar-refractivity contribution in [2.45, 2.75) is 32.6 Å². The first-order valence-electron chi connectivity index (χ1n) is 7.03. The Morgan fingerprint density at radius 3 is 2.50 bits per heavy atom. The molecule has 0 radical (unpaired) electrons.